The van der Waals surface area contributed by atoms with Crippen molar-refractivity contribution in [2.75, 3.05) is 20.7 Å². The lowest BCUT2D eigenvalue weighted by Crippen LogP contribution is -3.08. The molecule has 0 amide bonds. The zero-order chi connectivity index (χ0) is 23.2. The topological polar surface area (TPSA) is 65.9 Å². The van der Waals surface area contributed by atoms with Gasteiger partial charge in [0.15, 0.2) is 5.16 Å². The summed E-state index contributed by atoms with van der Waals surface area (Å²) in [6, 6.07) is 17.8. The molecule has 0 bridgehead atoms. The first-order valence-corrected chi connectivity index (χ1v) is 13.0. The number of ether oxygens (including phenoxy) is 1. The van der Waals surface area contributed by atoms with Crippen molar-refractivity contribution in [3.63, 3.8) is 0 Å². The van der Waals surface area contributed by atoms with Crippen molar-refractivity contribution in [3.05, 3.63) is 81.0 Å². The van der Waals surface area contributed by atoms with Crippen molar-refractivity contribution in [1.29, 1.82) is 0 Å². The molecule has 9 heteroatoms. The molecular formula is C25H24N5O2S2+. The number of fused-ring (bicyclic) bond motifs is 5. The molecule has 0 radical (unpaired) electrons. The molecule has 3 aromatic heterocycles. The van der Waals surface area contributed by atoms with Gasteiger partial charge < -0.3 is 9.64 Å². The first-order valence-electron chi connectivity index (χ1n) is 11.2. The van der Waals surface area contributed by atoms with E-state index in [-0.39, 0.29) is 5.56 Å². The Labute approximate surface area is 204 Å². The quantitative estimate of drug-likeness (QED) is 0.384. The molecule has 172 valence electrons. The first-order chi connectivity index (χ1) is 16.6. The Bertz CT molecular complexity index is 1550. The largest absolute Gasteiger partial charge is 0.497 e. The second-order valence-corrected chi connectivity index (χ2v) is 10.6. The van der Waals surface area contributed by atoms with Gasteiger partial charge in [-0.1, -0.05) is 42.1 Å². The van der Waals surface area contributed by atoms with E-state index < -0.39 is 0 Å². The molecule has 0 spiro atoms. The van der Waals surface area contributed by atoms with E-state index in [1.54, 1.807) is 34.8 Å². The van der Waals surface area contributed by atoms with Crippen molar-refractivity contribution in [2.24, 2.45) is 0 Å². The molecule has 5 aromatic rings. The SMILES string of the molecule is COc1ccc(CSc2nnc3n(-c4ccccc4)c(=O)c4c5c(sc4n23)C[NH+](C)CC5)cc1. The van der Waals surface area contributed by atoms with Crippen molar-refractivity contribution in [1.82, 2.24) is 19.2 Å². The highest BCUT2D eigenvalue weighted by Crippen LogP contribution is 2.34. The Hall–Kier alpha value is -3.14. The summed E-state index contributed by atoms with van der Waals surface area (Å²) in [6.45, 7) is 1.97. The number of nitrogens with one attached hydrogen (secondary N) is 1. The average molecular weight is 491 g/mol. The lowest BCUT2D eigenvalue weighted by Gasteiger charge is -2.19. The molecule has 0 saturated carbocycles. The van der Waals surface area contributed by atoms with Crippen LogP contribution in [0.1, 0.15) is 16.0 Å². The maximum Gasteiger partial charge on any atom is 0.268 e. The van der Waals surface area contributed by atoms with Crippen LogP contribution in [0.2, 0.25) is 0 Å². The van der Waals surface area contributed by atoms with Crippen LogP contribution < -0.4 is 15.2 Å². The van der Waals surface area contributed by atoms with E-state index in [9.17, 15) is 4.79 Å². The van der Waals surface area contributed by atoms with E-state index in [1.165, 1.54) is 20.9 Å². The van der Waals surface area contributed by atoms with Gasteiger partial charge in [0, 0.05) is 12.2 Å². The van der Waals surface area contributed by atoms with E-state index in [1.807, 2.05) is 42.5 Å². The van der Waals surface area contributed by atoms with Gasteiger partial charge in [0.2, 0.25) is 5.78 Å². The van der Waals surface area contributed by atoms with Gasteiger partial charge in [-0.25, -0.2) is 8.97 Å². The van der Waals surface area contributed by atoms with E-state index in [0.29, 0.717) is 5.78 Å². The fraction of sp³-hybridized carbons (Fsp3) is 0.240. The minimum atomic E-state index is -0.00939. The van der Waals surface area contributed by atoms with E-state index in [2.05, 4.69) is 33.8 Å². The van der Waals surface area contributed by atoms with Gasteiger partial charge >= 0.3 is 0 Å². The van der Waals surface area contributed by atoms with Crippen molar-refractivity contribution < 1.29 is 9.64 Å². The lowest BCUT2D eigenvalue weighted by atomic mass is 10.1. The van der Waals surface area contributed by atoms with Gasteiger partial charge in [0.25, 0.3) is 5.56 Å². The Morgan fingerprint density at radius 2 is 1.91 bits per heavy atom. The maximum atomic E-state index is 13.9. The molecule has 2 aromatic carbocycles. The molecule has 0 saturated heterocycles. The van der Waals surface area contributed by atoms with E-state index in [0.717, 1.165) is 52.1 Å². The molecular weight excluding hydrogens is 466 g/mol. The third-order valence-electron chi connectivity index (χ3n) is 6.31. The summed E-state index contributed by atoms with van der Waals surface area (Å²) in [5.74, 6) is 2.14. The van der Waals surface area contributed by atoms with Gasteiger partial charge in [0.05, 0.1) is 36.7 Å². The highest BCUT2D eigenvalue weighted by molar-refractivity contribution is 7.98. The van der Waals surface area contributed by atoms with Gasteiger partial charge in [-0.3, -0.25) is 4.79 Å². The summed E-state index contributed by atoms with van der Waals surface area (Å²) in [4.78, 5) is 17.6. The van der Waals surface area contributed by atoms with E-state index in [4.69, 9.17) is 4.74 Å². The third kappa shape index (κ3) is 3.51. The summed E-state index contributed by atoms with van der Waals surface area (Å²) in [6.07, 6.45) is 0.910. The first kappa shape index (κ1) is 21.4. The second-order valence-electron chi connectivity index (χ2n) is 8.55. The highest BCUT2D eigenvalue weighted by Gasteiger charge is 2.28. The van der Waals surface area contributed by atoms with Gasteiger partial charge in [-0.2, -0.15) is 0 Å². The molecule has 1 aliphatic heterocycles. The number of thioether (sulfide) groups is 1. The summed E-state index contributed by atoms with van der Waals surface area (Å²) >= 11 is 3.34. The lowest BCUT2D eigenvalue weighted by molar-refractivity contribution is -0.895. The molecule has 4 heterocycles. The number of hydrogen-bond acceptors (Lipinski definition) is 6. The Morgan fingerprint density at radius 1 is 1.12 bits per heavy atom. The predicted octanol–water partition coefficient (Wildman–Crippen LogP) is 2.97. The predicted molar refractivity (Wildman–Crippen MR) is 136 cm³/mol. The molecule has 0 fully saturated rings. The Kier molecular flexibility index (Phi) is 5.40. The van der Waals surface area contributed by atoms with Crippen molar-refractivity contribution >= 4 is 39.1 Å². The van der Waals surface area contributed by atoms with Crippen molar-refractivity contribution in [2.45, 2.75) is 23.9 Å². The number of likely N-dealkylation sites (N-methyl/N-ethyl adjacent to an activating group) is 1. The molecule has 1 unspecified atom stereocenters. The highest BCUT2D eigenvalue weighted by atomic mass is 32.2. The standard InChI is InChI=1S/C25H23N5O2S2/c1-28-13-12-19-20(14-28)34-23-21(19)22(31)29(17-6-4-3-5-7-17)24-26-27-25(30(23)24)33-15-16-8-10-18(32-2)11-9-16/h3-11H,12-15H2,1-2H3/p+1. The smallest absolute Gasteiger partial charge is 0.268 e. The molecule has 34 heavy (non-hydrogen) atoms. The zero-order valence-electron chi connectivity index (χ0n) is 18.9. The number of thiophene rings is 1. The van der Waals surface area contributed by atoms with E-state index >= 15 is 0 Å². The summed E-state index contributed by atoms with van der Waals surface area (Å²) in [5, 5.41) is 10.6. The molecule has 1 N–H and O–H groups in total. The number of nitrogens with zero attached hydrogens (tertiary/aromatic N) is 4. The van der Waals surface area contributed by atoms with Crippen LogP contribution in [0.5, 0.6) is 5.75 Å². The summed E-state index contributed by atoms with van der Waals surface area (Å²) < 4.78 is 9.07. The molecule has 6 rings (SSSR count). The number of quaternary nitrogens is 1. The molecule has 0 aliphatic carbocycles. The number of rotatable bonds is 5. The van der Waals surface area contributed by atoms with Crippen LogP contribution in [0.3, 0.4) is 0 Å². The fourth-order valence-electron chi connectivity index (χ4n) is 4.54. The third-order valence-corrected chi connectivity index (χ3v) is 8.53. The summed E-state index contributed by atoms with van der Waals surface area (Å²) in [5.41, 5.74) is 3.16. The number of para-hydroxylation sites is 1. The number of aromatic nitrogens is 4. The fourth-order valence-corrected chi connectivity index (χ4v) is 6.94. The minimum Gasteiger partial charge on any atom is -0.497 e. The Morgan fingerprint density at radius 3 is 2.68 bits per heavy atom. The minimum absolute atomic E-state index is 0.00939. The average Bonchev–Trinajstić information content (AvgIpc) is 3.45. The van der Waals surface area contributed by atoms with Gasteiger partial charge in [-0.15, -0.1) is 21.5 Å². The van der Waals surface area contributed by atoms with Crippen LogP contribution in [0.25, 0.3) is 21.7 Å². The zero-order valence-corrected chi connectivity index (χ0v) is 20.6. The Balaban J connectivity index is 1.54. The van der Waals surface area contributed by atoms with Gasteiger partial charge in [0.1, 0.15) is 17.1 Å². The normalized spacial score (nSPS) is 15.6. The van der Waals surface area contributed by atoms with Gasteiger partial charge in [-0.05, 0) is 35.4 Å². The van der Waals surface area contributed by atoms with Crippen LogP contribution in [0.4, 0.5) is 0 Å². The monoisotopic (exact) mass is 490 g/mol. The van der Waals surface area contributed by atoms with Crippen LogP contribution in [-0.4, -0.2) is 39.9 Å². The van der Waals surface area contributed by atoms with Crippen LogP contribution in [0.15, 0.2) is 64.5 Å². The van der Waals surface area contributed by atoms with Crippen LogP contribution >= 0.6 is 23.1 Å². The number of methoxy groups -OCH3 is 1. The second kappa shape index (κ2) is 8.57. The summed E-state index contributed by atoms with van der Waals surface area (Å²) in [7, 11) is 3.88. The molecule has 7 nitrogen and oxygen atoms in total. The molecule has 1 aliphatic rings. The van der Waals surface area contributed by atoms with Crippen LogP contribution in [-0.2, 0) is 18.7 Å². The van der Waals surface area contributed by atoms with Crippen molar-refractivity contribution in [3.8, 4) is 11.4 Å². The maximum absolute atomic E-state index is 13.9. The molecule has 1 atom stereocenters. The van der Waals surface area contributed by atoms with Crippen LogP contribution in [0, 0.1) is 0 Å². The number of benzene rings is 2. The number of hydrogen-bond donors (Lipinski definition) is 1.